The van der Waals surface area contributed by atoms with Gasteiger partial charge in [0.05, 0.1) is 12.0 Å². The van der Waals surface area contributed by atoms with E-state index in [-0.39, 0.29) is 36.5 Å². The molecule has 4 nitrogen and oxygen atoms in total. The van der Waals surface area contributed by atoms with Crippen molar-refractivity contribution in [1.82, 2.24) is 4.98 Å². The van der Waals surface area contributed by atoms with Crippen LogP contribution in [0.1, 0.15) is 12.8 Å². The average Bonchev–Trinajstić information content (AvgIpc) is 3.09. The van der Waals surface area contributed by atoms with Crippen molar-refractivity contribution < 1.29 is 8.78 Å². The van der Waals surface area contributed by atoms with E-state index in [2.05, 4.69) is 15.3 Å². The van der Waals surface area contributed by atoms with Gasteiger partial charge < -0.3 is 11.1 Å². The zero-order valence-corrected chi connectivity index (χ0v) is 12.0. The van der Waals surface area contributed by atoms with E-state index in [1.54, 1.807) is 24.4 Å². The molecule has 1 heterocycles. The van der Waals surface area contributed by atoms with Gasteiger partial charge >= 0.3 is 0 Å². The quantitative estimate of drug-likeness (QED) is 0.488. The number of nitrogens with one attached hydrogen (secondary N) is 1. The zero-order valence-electron chi connectivity index (χ0n) is 9.64. The lowest BCUT2D eigenvalue weighted by Gasteiger charge is -2.11. The second-order valence-electron chi connectivity index (χ2n) is 4.20. The van der Waals surface area contributed by atoms with Gasteiger partial charge in [-0.2, -0.15) is 0 Å². The van der Waals surface area contributed by atoms with E-state index in [4.69, 9.17) is 5.73 Å². The van der Waals surface area contributed by atoms with Crippen LogP contribution in [0, 0.1) is 5.41 Å². The number of nitrogens with zero attached hydrogens (tertiary/aromatic N) is 2. The summed E-state index contributed by atoms with van der Waals surface area (Å²) < 4.78 is 25.2. The molecule has 2 rings (SSSR count). The first-order valence-corrected chi connectivity index (χ1v) is 5.38. The minimum Gasteiger partial charge on any atom is -0.370 e. The number of rotatable bonds is 4. The Bertz CT molecular complexity index is 407. The van der Waals surface area contributed by atoms with Crippen LogP contribution < -0.4 is 11.1 Å². The van der Waals surface area contributed by atoms with Crippen molar-refractivity contribution in [1.29, 1.82) is 0 Å². The van der Waals surface area contributed by atoms with Gasteiger partial charge in [-0.1, -0.05) is 6.07 Å². The number of nitrogens with two attached hydrogens (primary N) is 1. The largest absolute Gasteiger partial charge is 0.370 e. The fraction of sp³-hybridized carbons (Fsp3) is 0.455. The van der Waals surface area contributed by atoms with Gasteiger partial charge in [-0.05, 0) is 25.0 Å². The molecule has 100 valence electrons. The Hall–Kier alpha value is -0.990. The van der Waals surface area contributed by atoms with Crippen LogP contribution >= 0.6 is 24.0 Å². The zero-order chi connectivity index (χ0) is 12.3. The fourth-order valence-electron chi connectivity index (χ4n) is 1.46. The maximum Gasteiger partial charge on any atom is 0.245 e. The number of halogens is 3. The molecule has 0 saturated heterocycles. The van der Waals surface area contributed by atoms with Crippen molar-refractivity contribution in [3.05, 3.63) is 24.4 Å². The summed E-state index contributed by atoms with van der Waals surface area (Å²) in [6, 6.07) is 5.29. The highest BCUT2D eigenvalue weighted by Crippen LogP contribution is 2.50. The summed E-state index contributed by atoms with van der Waals surface area (Å²) in [6.45, 7) is 0.0658. The van der Waals surface area contributed by atoms with Crippen LogP contribution in [-0.4, -0.2) is 23.9 Å². The summed E-state index contributed by atoms with van der Waals surface area (Å²) in [5.41, 5.74) is 4.66. The molecule has 1 saturated carbocycles. The standard InChI is InChI=1S/C11H14F2N4.HI/c12-9(13)11(4-5-11)7-16-10(14)17-8-3-1-2-6-15-8;/h1-3,6,9H,4-5,7H2,(H3,14,15,16,17);1H. The molecule has 0 amide bonds. The molecule has 1 aromatic rings. The summed E-state index contributed by atoms with van der Waals surface area (Å²) in [6.07, 6.45) is 0.321. The third-order valence-corrected chi connectivity index (χ3v) is 2.84. The first kappa shape index (κ1) is 15.1. The van der Waals surface area contributed by atoms with E-state index in [0.29, 0.717) is 18.7 Å². The minimum absolute atomic E-state index is 0. The highest BCUT2D eigenvalue weighted by atomic mass is 127. The van der Waals surface area contributed by atoms with E-state index >= 15 is 0 Å². The number of aliphatic imine (C=N–C) groups is 1. The molecule has 1 aliphatic carbocycles. The van der Waals surface area contributed by atoms with Gasteiger partial charge in [0.15, 0.2) is 5.96 Å². The number of alkyl halides is 2. The molecule has 1 fully saturated rings. The van der Waals surface area contributed by atoms with Crippen molar-refractivity contribution in [3.8, 4) is 0 Å². The fourth-order valence-corrected chi connectivity index (χ4v) is 1.46. The number of guanidine groups is 1. The van der Waals surface area contributed by atoms with Gasteiger partial charge in [0.1, 0.15) is 5.82 Å². The smallest absolute Gasteiger partial charge is 0.245 e. The number of anilines is 1. The van der Waals surface area contributed by atoms with Crippen molar-refractivity contribution in [2.45, 2.75) is 19.3 Å². The first-order chi connectivity index (χ1) is 8.12. The summed E-state index contributed by atoms with van der Waals surface area (Å²) in [4.78, 5) is 7.93. The van der Waals surface area contributed by atoms with E-state index in [1.165, 1.54) is 0 Å². The normalized spacial score (nSPS) is 17.2. The summed E-state index contributed by atoms with van der Waals surface area (Å²) in [5.74, 6) is 0.672. The minimum atomic E-state index is -2.33. The maximum absolute atomic E-state index is 12.6. The van der Waals surface area contributed by atoms with Gasteiger partial charge in [-0.25, -0.2) is 13.8 Å². The van der Waals surface area contributed by atoms with E-state index < -0.39 is 11.8 Å². The summed E-state index contributed by atoms with van der Waals surface area (Å²) >= 11 is 0. The van der Waals surface area contributed by atoms with E-state index in [0.717, 1.165) is 0 Å². The Balaban J connectivity index is 0.00000162. The predicted molar refractivity (Wildman–Crippen MR) is 77.4 cm³/mol. The molecule has 7 heteroatoms. The van der Waals surface area contributed by atoms with Crippen LogP contribution in [-0.2, 0) is 0 Å². The molecule has 0 atom stereocenters. The average molecular weight is 368 g/mol. The maximum atomic E-state index is 12.6. The number of hydrogen-bond acceptors (Lipinski definition) is 2. The number of pyridine rings is 1. The Kier molecular flexibility index (Phi) is 5.24. The van der Waals surface area contributed by atoms with Crippen LogP contribution in [0.5, 0.6) is 0 Å². The lowest BCUT2D eigenvalue weighted by atomic mass is 10.1. The van der Waals surface area contributed by atoms with Gasteiger partial charge in [-0.3, -0.25) is 4.99 Å². The van der Waals surface area contributed by atoms with Crippen LogP contribution in [0.2, 0.25) is 0 Å². The topological polar surface area (TPSA) is 63.3 Å². The lowest BCUT2D eigenvalue weighted by Crippen LogP contribution is -2.26. The molecule has 0 spiro atoms. The monoisotopic (exact) mass is 368 g/mol. The third kappa shape index (κ3) is 3.76. The lowest BCUT2D eigenvalue weighted by molar-refractivity contribution is 0.0667. The highest BCUT2D eigenvalue weighted by molar-refractivity contribution is 14.0. The Labute approximate surface area is 121 Å². The molecule has 0 bridgehead atoms. The van der Waals surface area contributed by atoms with Crippen LogP contribution in [0.25, 0.3) is 0 Å². The molecule has 0 aromatic carbocycles. The van der Waals surface area contributed by atoms with E-state index in [9.17, 15) is 8.78 Å². The van der Waals surface area contributed by atoms with Gasteiger partial charge in [-0.15, -0.1) is 24.0 Å². The van der Waals surface area contributed by atoms with E-state index in [1.807, 2.05) is 0 Å². The molecule has 0 radical (unpaired) electrons. The van der Waals surface area contributed by atoms with Crippen molar-refractivity contribution >= 4 is 35.8 Å². The Morgan fingerprint density at radius 2 is 2.22 bits per heavy atom. The Morgan fingerprint density at radius 1 is 1.50 bits per heavy atom. The van der Waals surface area contributed by atoms with Crippen molar-refractivity contribution in [2.24, 2.45) is 16.1 Å². The number of aromatic nitrogens is 1. The van der Waals surface area contributed by atoms with Gasteiger partial charge in [0.25, 0.3) is 0 Å². The summed E-state index contributed by atoms with van der Waals surface area (Å²) in [7, 11) is 0. The predicted octanol–water partition coefficient (Wildman–Crippen LogP) is 2.47. The SMILES string of the molecule is I.NC(=NCC1(C(F)F)CC1)Nc1ccccn1. The number of hydrogen-bond donors (Lipinski definition) is 2. The molecule has 1 aliphatic rings. The van der Waals surface area contributed by atoms with Crippen molar-refractivity contribution in [2.75, 3.05) is 11.9 Å². The first-order valence-electron chi connectivity index (χ1n) is 5.38. The molecule has 18 heavy (non-hydrogen) atoms. The molecule has 0 aliphatic heterocycles. The molecule has 0 unspecified atom stereocenters. The second kappa shape index (κ2) is 6.26. The molecule has 3 N–H and O–H groups in total. The third-order valence-electron chi connectivity index (χ3n) is 2.84. The van der Waals surface area contributed by atoms with Gasteiger partial charge in [0.2, 0.25) is 6.43 Å². The highest BCUT2D eigenvalue weighted by Gasteiger charge is 2.50. The van der Waals surface area contributed by atoms with Gasteiger partial charge in [0, 0.05) is 6.20 Å². The van der Waals surface area contributed by atoms with Crippen LogP contribution in [0.4, 0.5) is 14.6 Å². The molecular weight excluding hydrogens is 353 g/mol. The Morgan fingerprint density at radius 3 is 2.72 bits per heavy atom. The molecular formula is C11H15F2IN4. The van der Waals surface area contributed by atoms with Crippen LogP contribution in [0.3, 0.4) is 0 Å². The second-order valence-corrected chi connectivity index (χ2v) is 4.20. The summed E-state index contributed by atoms with van der Waals surface area (Å²) in [5, 5.41) is 2.75. The van der Waals surface area contributed by atoms with Crippen molar-refractivity contribution in [3.63, 3.8) is 0 Å². The molecule has 1 aromatic heterocycles. The van der Waals surface area contributed by atoms with Crippen LogP contribution in [0.15, 0.2) is 29.4 Å².